The fraction of sp³-hybridized carbons (Fsp3) is 0.760. The van der Waals surface area contributed by atoms with Gasteiger partial charge in [0.15, 0.2) is 0 Å². The maximum absolute atomic E-state index is 13.2. The van der Waals surface area contributed by atoms with E-state index in [1.54, 1.807) is 6.08 Å². The zero-order valence-corrected chi connectivity index (χ0v) is 19.1. The largest absolute Gasteiger partial charge is 0.461 e. The maximum Gasteiger partial charge on any atom is 0.354 e. The summed E-state index contributed by atoms with van der Waals surface area (Å²) in [6.07, 6.45) is 12.8. The van der Waals surface area contributed by atoms with Crippen LogP contribution in [-0.4, -0.2) is 53.7 Å². The Morgan fingerprint density at radius 1 is 0.812 bits per heavy atom. The van der Waals surface area contributed by atoms with Crippen molar-refractivity contribution in [3.05, 3.63) is 11.8 Å². The van der Waals surface area contributed by atoms with Crippen molar-refractivity contribution in [3.8, 4) is 0 Å². The van der Waals surface area contributed by atoms with Crippen LogP contribution in [0.1, 0.15) is 96.3 Å². The highest BCUT2D eigenvalue weighted by molar-refractivity contribution is 6.39. The number of carbonyl (C=O) groups excluding carboxylic acids is 4. The fourth-order valence-corrected chi connectivity index (χ4v) is 4.71. The van der Waals surface area contributed by atoms with Crippen LogP contribution in [0.3, 0.4) is 0 Å². The molecule has 2 fully saturated rings. The molecule has 2 unspecified atom stereocenters. The standard InChI is InChI=1S/C25H37NO6/c27-19-12-8-6-4-2-1-3-5-7-9-13-20-15-17-31-25(30)21-14-10-11-16-26(21)24(29)23(28)22(18-19)32-20/h14,20,22H,1-13,15-18H2. The normalized spacial score (nSPS) is 28.2. The summed E-state index contributed by atoms with van der Waals surface area (Å²) in [7, 11) is 0. The highest BCUT2D eigenvalue weighted by Crippen LogP contribution is 2.23. The van der Waals surface area contributed by atoms with Crippen LogP contribution in [0.25, 0.3) is 0 Å². The Kier molecular flexibility index (Phi) is 9.90. The van der Waals surface area contributed by atoms with Gasteiger partial charge in [-0.3, -0.25) is 19.3 Å². The van der Waals surface area contributed by atoms with Gasteiger partial charge in [-0.15, -0.1) is 0 Å². The predicted molar refractivity (Wildman–Crippen MR) is 119 cm³/mol. The van der Waals surface area contributed by atoms with Gasteiger partial charge in [0, 0.05) is 25.8 Å². The van der Waals surface area contributed by atoms with Gasteiger partial charge in [0.2, 0.25) is 5.78 Å². The number of hydrogen-bond acceptors (Lipinski definition) is 6. The maximum atomic E-state index is 13.2. The molecule has 2 bridgehead atoms. The minimum Gasteiger partial charge on any atom is -0.461 e. The second-order valence-electron chi connectivity index (χ2n) is 9.19. The number of esters is 1. The number of ether oxygens (including phenoxy) is 2. The van der Waals surface area contributed by atoms with Crippen molar-refractivity contribution in [1.82, 2.24) is 4.90 Å². The van der Waals surface area contributed by atoms with Gasteiger partial charge in [-0.1, -0.05) is 57.4 Å². The zero-order valence-electron chi connectivity index (χ0n) is 19.1. The summed E-state index contributed by atoms with van der Waals surface area (Å²) < 4.78 is 11.5. The smallest absolute Gasteiger partial charge is 0.354 e. The second-order valence-corrected chi connectivity index (χ2v) is 9.19. The molecule has 0 spiro atoms. The summed E-state index contributed by atoms with van der Waals surface area (Å²) in [5, 5.41) is 0. The van der Waals surface area contributed by atoms with Crippen LogP contribution in [0.5, 0.6) is 0 Å². The SMILES string of the molecule is O=C1CCCCCCCCCCCC2CCOC(=O)C3=CCCCN3C(=O)C(=O)C(C1)O2. The zero-order chi connectivity index (χ0) is 22.8. The average Bonchev–Trinajstić information content (AvgIpc) is 2.80. The topological polar surface area (TPSA) is 90.0 Å². The van der Waals surface area contributed by atoms with Crippen molar-refractivity contribution in [2.75, 3.05) is 13.2 Å². The lowest BCUT2D eigenvalue weighted by Gasteiger charge is -2.28. The van der Waals surface area contributed by atoms with E-state index in [1.807, 2.05) is 0 Å². The molecule has 0 aromatic rings. The molecule has 0 N–H and O–H groups in total. The molecule has 0 aromatic carbocycles. The van der Waals surface area contributed by atoms with Gasteiger partial charge in [0.25, 0.3) is 5.91 Å². The van der Waals surface area contributed by atoms with Crippen molar-refractivity contribution >= 4 is 23.4 Å². The van der Waals surface area contributed by atoms with Gasteiger partial charge in [-0.05, 0) is 25.7 Å². The van der Waals surface area contributed by atoms with Gasteiger partial charge < -0.3 is 9.47 Å². The third-order valence-corrected chi connectivity index (χ3v) is 6.60. The number of hydrogen-bond donors (Lipinski definition) is 0. The summed E-state index contributed by atoms with van der Waals surface area (Å²) in [6.45, 7) is 0.452. The molecule has 7 nitrogen and oxygen atoms in total. The van der Waals surface area contributed by atoms with Crippen LogP contribution in [-0.2, 0) is 28.7 Å². The molecule has 0 aromatic heterocycles. The van der Waals surface area contributed by atoms with Crippen molar-refractivity contribution in [2.24, 2.45) is 0 Å². The van der Waals surface area contributed by atoms with Crippen molar-refractivity contribution < 1.29 is 28.7 Å². The first kappa shape index (κ1) is 24.6. The van der Waals surface area contributed by atoms with Gasteiger partial charge in [0.05, 0.1) is 12.7 Å². The Bertz CT molecular complexity index is 715. The number of carbonyl (C=O) groups is 4. The molecule has 1 amide bonds. The molecule has 0 aliphatic carbocycles. The number of rotatable bonds is 0. The number of fused-ring (bicyclic) bond motifs is 3. The van der Waals surface area contributed by atoms with Gasteiger partial charge in [-0.25, -0.2) is 4.79 Å². The van der Waals surface area contributed by atoms with E-state index in [0.29, 0.717) is 25.7 Å². The summed E-state index contributed by atoms with van der Waals surface area (Å²) >= 11 is 0. The highest BCUT2D eigenvalue weighted by atomic mass is 16.5. The monoisotopic (exact) mass is 447 g/mol. The van der Waals surface area contributed by atoms with Crippen LogP contribution < -0.4 is 0 Å². The fourth-order valence-electron chi connectivity index (χ4n) is 4.71. The molecule has 3 rings (SSSR count). The first-order valence-electron chi connectivity index (χ1n) is 12.5. The van der Waals surface area contributed by atoms with Crippen LogP contribution in [0.15, 0.2) is 11.8 Å². The van der Waals surface area contributed by atoms with E-state index in [0.717, 1.165) is 38.5 Å². The highest BCUT2D eigenvalue weighted by Gasteiger charge is 2.37. The van der Waals surface area contributed by atoms with Crippen LogP contribution in [0.2, 0.25) is 0 Å². The van der Waals surface area contributed by atoms with E-state index in [2.05, 4.69) is 0 Å². The Labute approximate surface area is 190 Å². The van der Waals surface area contributed by atoms with E-state index in [-0.39, 0.29) is 37.2 Å². The molecule has 2 atom stereocenters. The Hall–Kier alpha value is -2.02. The molecular weight excluding hydrogens is 410 g/mol. The number of ketones is 2. The Morgan fingerprint density at radius 3 is 2.25 bits per heavy atom. The van der Waals surface area contributed by atoms with Crippen molar-refractivity contribution in [3.63, 3.8) is 0 Å². The van der Waals surface area contributed by atoms with Crippen molar-refractivity contribution in [1.29, 1.82) is 0 Å². The summed E-state index contributed by atoms with van der Waals surface area (Å²) in [5.74, 6) is -2.12. The molecule has 3 aliphatic rings. The summed E-state index contributed by atoms with van der Waals surface area (Å²) in [6, 6.07) is 0. The van der Waals surface area contributed by atoms with E-state index in [9.17, 15) is 19.2 Å². The average molecular weight is 448 g/mol. The molecule has 32 heavy (non-hydrogen) atoms. The minimum atomic E-state index is -1.09. The molecular formula is C25H37NO6. The Balaban J connectivity index is 1.80. The number of allylic oxidation sites excluding steroid dienone is 1. The lowest BCUT2D eigenvalue weighted by atomic mass is 9.99. The van der Waals surface area contributed by atoms with Crippen LogP contribution in [0.4, 0.5) is 0 Å². The van der Waals surface area contributed by atoms with E-state index < -0.39 is 23.8 Å². The molecule has 2 saturated heterocycles. The second kappa shape index (κ2) is 12.9. The summed E-state index contributed by atoms with van der Waals surface area (Å²) in [5.41, 5.74) is 0.136. The first-order valence-corrected chi connectivity index (χ1v) is 12.5. The quantitative estimate of drug-likeness (QED) is 0.411. The molecule has 178 valence electrons. The minimum absolute atomic E-state index is 0.0430. The van der Waals surface area contributed by atoms with Crippen LogP contribution >= 0.6 is 0 Å². The molecule has 0 saturated carbocycles. The van der Waals surface area contributed by atoms with Crippen molar-refractivity contribution in [2.45, 2.75) is 109 Å². The molecule has 0 radical (unpaired) electrons. The van der Waals surface area contributed by atoms with E-state index in [1.165, 1.54) is 30.6 Å². The number of cyclic esters (lactones) is 1. The van der Waals surface area contributed by atoms with E-state index >= 15 is 0 Å². The number of amides is 1. The van der Waals surface area contributed by atoms with Gasteiger partial charge in [-0.2, -0.15) is 0 Å². The number of Topliss-reactive ketones (excluding diaryl/α,β-unsaturated/α-hetero) is 2. The van der Waals surface area contributed by atoms with Gasteiger partial charge >= 0.3 is 5.97 Å². The molecule has 7 heteroatoms. The molecule has 3 heterocycles. The summed E-state index contributed by atoms with van der Waals surface area (Å²) in [4.78, 5) is 52.7. The molecule has 3 aliphatic heterocycles. The Morgan fingerprint density at radius 2 is 1.50 bits per heavy atom. The van der Waals surface area contributed by atoms with E-state index in [4.69, 9.17) is 9.47 Å². The lowest BCUT2D eigenvalue weighted by Crippen LogP contribution is -2.46. The first-order chi connectivity index (χ1) is 15.6. The lowest BCUT2D eigenvalue weighted by molar-refractivity contribution is -0.154. The third-order valence-electron chi connectivity index (χ3n) is 6.60. The predicted octanol–water partition coefficient (Wildman–Crippen LogP) is 4.03. The van der Waals surface area contributed by atoms with Crippen LogP contribution in [0, 0.1) is 0 Å². The third kappa shape index (κ3) is 7.26. The number of nitrogens with zero attached hydrogens (tertiary/aromatic N) is 1. The van der Waals surface area contributed by atoms with Gasteiger partial charge in [0.1, 0.15) is 17.6 Å².